The molecule has 4 N–H and O–H groups in total. The van der Waals surface area contributed by atoms with Crippen LogP contribution < -0.4 is 4.74 Å². The smallest absolute Gasteiger partial charge is 0.229 e. The van der Waals surface area contributed by atoms with Gasteiger partial charge in [0.05, 0.1) is 24.0 Å². The van der Waals surface area contributed by atoms with E-state index in [9.17, 15) is 25.2 Å². The van der Waals surface area contributed by atoms with E-state index in [4.69, 9.17) is 32.7 Å². The zero-order valence-corrected chi connectivity index (χ0v) is 20.8. The number of ether oxygens (including phenoxy) is 2. The van der Waals surface area contributed by atoms with Gasteiger partial charge in [0.15, 0.2) is 5.78 Å². The Morgan fingerprint density at radius 3 is 2.35 bits per heavy atom. The Balaban J connectivity index is 1.62. The molecule has 1 aliphatic rings. The number of rotatable bonds is 6. The minimum Gasteiger partial charge on any atom is -0.460 e. The molecule has 5 rings (SSSR count). The average molecular weight is 544 g/mol. The number of aromatic nitrogens is 1. The lowest BCUT2D eigenvalue weighted by Crippen LogP contribution is -2.60. The highest BCUT2D eigenvalue weighted by Crippen LogP contribution is 2.36. The van der Waals surface area contributed by atoms with Gasteiger partial charge in [0.25, 0.3) is 0 Å². The summed E-state index contributed by atoms with van der Waals surface area (Å²) >= 11 is 12.6. The number of fused-ring (bicyclic) bond motifs is 1. The van der Waals surface area contributed by atoms with Crippen LogP contribution in [0.4, 0.5) is 0 Å². The summed E-state index contributed by atoms with van der Waals surface area (Å²) in [6, 6.07) is 18.8. The number of hydrogen-bond donors (Lipinski definition) is 4. The van der Waals surface area contributed by atoms with Crippen molar-refractivity contribution >= 4 is 39.9 Å². The first kappa shape index (κ1) is 25.7. The maximum Gasteiger partial charge on any atom is 0.229 e. The number of ketones is 1. The summed E-state index contributed by atoms with van der Waals surface area (Å²) < 4.78 is 13.2. The van der Waals surface area contributed by atoms with Crippen LogP contribution in [0.3, 0.4) is 0 Å². The largest absolute Gasteiger partial charge is 0.460 e. The van der Waals surface area contributed by atoms with Crippen molar-refractivity contribution in [3.63, 3.8) is 0 Å². The molecule has 0 amide bonds. The van der Waals surface area contributed by atoms with Gasteiger partial charge in [-0.1, -0.05) is 53.5 Å². The number of halogens is 2. The highest BCUT2D eigenvalue weighted by molar-refractivity contribution is 6.31. The molecule has 1 aromatic heterocycles. The average Bonchev–Trinajstić information content (AvgIpc) is 3.26. The first-order valence-corrected chi connectivity index (χ1v) is 12.2. The summed E-state index contributed by atoms with van der Waals surface area (Å²) in [5.41, 5.74) is 1.93. The third kappa shape index (κ3) is 4.85. The van der Waals surface area contributed by atoms with Gasteiger partial charge in [-0.25, -0.2) is 0 Å². The van der Waals surface area contributed by atoms with E-state index in [0.29, 0.717) is 37.8 Å². The molecule has 10 heteroatoms. The first-order chi connectivity index (χ1) is 17.8. The molecule has 8 nitrogen and oxygen atoms in total. The number of nitrogens with zero attached hydrogens (tertiary/aromatic N) is 1. The van der Waals surface area contributed by atoms with Crippen LogP contribution in [-0.2, 0) is 4.74 Å². The van der Waals surface area contributed by atoms with Gasteiger partial charge in [-0.05, 0) is 36.4 Å². The lowest BCUT2D eigenvalue weighted by Gasteiger charge is -2.39. The molecule has 192 valence electrons. The molecule has 0 bridgehead atoms. The van der Waals surface area contributed by atoms with Crippen LogP contribution in [0, 0.1) is 0 Å². The van der Waals surface area contributed by atoms with Crippen molar-refractivity contribution in [3.8, 4) is 11.4 Å². The molecule has 0 spiro atoms. The van der Waals surface area contributed by atoms with E-state index in [2.05, 4.69) is 0 Å². The van der Waals surface area contributed by atoms with Crippen molar-refractivity contribution in [1.82, 2.24) is 4.57 Å². The van der Waals surface area contributed by atoms with Crippen LogP contribution in [0.25, 0.3) is 16.6 Å². The third-order valence-corrected chi connectivity index (χ3v) is 6.79. The molecule has 1 saturated heterocycles. The van der Waals surface area contributed by atoms with Crippen molar-refractivity contribution in [3.05, 3.63) is 94.1 Å². The zero-order chi connectivity index (χ0) is 26.3. The summed E-state index contributed by atoms with van der Waals surface area (Å²) in [7, 11) is 0. The minimum absolute atomic E-state index is 0.215. The molecule has 0 aliphatic carbocycles. The van der Waals surface area contributed by atoms with Crippen LogP contribution in [0.1, 0.15) is 15.9 Å². The molecule has 0 saturated carbocycles. The Hall–Kier alpha value is -2.95. The van der Waals surface area contributed by atoms with Gasteiger partial charge in [0.2, 0.25) is 6.29 Å². The molecular weight excluding hydrogens is 521 g/mol. The number of hydrogen-bond acceptors (Lipinski definition) is 7. The Morgan fingerprint density at radius 1 is 0.919 bits per heavy atom. The highest BCUT2D eigenvalue weighted by atomic mass is 35.5. The summed E-state index contributed by atoms with van der Waals surface area (Å²) in [6.45, 7) is -0.588. The van der Waals surface area contributed by atoms with Crippen molar-refractivity contribution in [2.24, 2.45) is 0 Å². The topological polar surface area (TPSA) is 121 Å². The fourth-order valence-corrected chi connectivity index (χ4v) is 4.73. The standard InChI is InChI=1S/C27H23Cl2NO7/c28-15-6-8-17-19(10-15)30(12-21(17)36-27-26(35)25(34)24(33)22(13-31)37-27)20-11-16(29)7-9-18(20)23(32)14-4-2-1-3-5-14/h1-12,22,24-27,31,33-35H,13H2/t22-,24+,25+,26-,27-/m0/s1. The lowest BCUT2D eigenvalue weighted by molar-refractivity contribution is -0.277. The molecule has 2 heterocycles. The fourth-order valence-electron chi connectivity index (χ4n) is 4.39. The van der Waals surface area contributed by atoms with E-state index < -0.39 is 37.3 Å². The number of carbonyl (C=O) groups is 1. The van der Waals surface area contributed by atoms with Gasteiger partial charge in [-0.15, -0.1) is 0 Å². The number of aliphatic hydroxyl groups excluding tert-OH is 4. The highest BCUT2D eigenvalue weighted by Gasteiger charge is 2.45. The van der Waals surface area contributed by atoms with Crippen LogP contribution in [0.5, 0.6) is 5.75 Å². The van der Waals surface area contributed by atoms with Crippen LogP contribution >= 0.6 is 23.2 Å². The number of carbonyl (C=O) groups excluding carboxylic acids is 1. The normalized spacial score (nSPS) is 23.8. The molecule has 5 atom stereocenters. The second-order valence-corrected chi connectivity index (χ2v) is 9.57. The number of benzene rings is 3. The predicted octanol–water partition coefficient (Wildman–Crippen LogP) is 3.35. The van der Waals surface area contributed by atoms with Gasteiger partial charge in [0.1, 0.15) is 30.2 Å². The summed E-state index contributed by atoms with van der Waals surface area (Å²) in [4.78, 5) is 13.4. The van der Waals surface area contributed by atoms with E-state index >= 15 is 0 Å². The van der Waals surface area contributed by atoms with E-state index in [1.807, 2.05) is 6.07 Å². The summed E-state index contributed by atoms with van der Waals surface area (Å²) in [5.74, 6) is 0.0293. The SMILES string of the molecule is O=C(c1ccccc1)c1ccc(Cl)cc1-n1cc(O[C@H]2O[C@@H](CO)[C@@H](O)[C@@H](O)[C@@H]2O)c2ccc(Cl)cc21. The monoisotopic (exact) mass is 543 g/mol. The van der Waals surface area contributed by atoms with Gasteiger partial charge in [-0.2, -0.15) is 0 Å². The molecule has 3 aromatic carbocycles. The lowest BCUT2D eigenvalue weighted by atomic mass is 9.99. The van der Waals surface area contributed by atoms with E-state index in [1.165, 1.54) is 0 Å². The van der Waals surface area contributed by atoms with Gasteiger partial charge < -0.3 is 34.5 Å². The van der Waals surface area contributed by atoms with Gasteiger partial charge in [-0.3, -0.25) is 4.79 Å². The molecule has 1 fully saturated rings. The third-order valence-electron chi connectivity index (χ3n) is 6.32. The van der Waals surface area contributed by atoms with Gasteiger partial charge >= 0.3 is 0 Å². The van der Waals surface area contributed by atoms with Crippen LogP contribution in [0.2, 0.25) is 10.0 Å². The predicted molar refractivity (Wildman–Crippen MR) is 138 cm³/mol. The molecule has 1 aliphatic heterocycles. The van der Waals surface area contributed by atoms with Crippen molar-refractivity contribution < 1.29 is 34.7 Å². The Bertz CT molecular complexity index is 1440. The minimum atomic E-state index is -1.60. The Morgan fingerprint density at radius 2 is 1.62 bits per heavy atom. The Kier molecular flexibility index (Phi) is 7.24. The zero-order valence-electron chi connectivity index (χ0n) is 19.2. The Labute approximate surface area is 221 Å². The molecule has 37 heavy (non-hydrogen) atoms. The second-order valence-electron chi connectivity index (χ2n) is 8.70. The van der Waals surface area contributed by atoms with Crippen molar-refractivity contribution in [2.75, 3.05) is 6.61 Å². The molecule has 0 unspecified atom stereocenters. The van der Waals surface area contributed by atoms with Crippen molar-refractivity contribution in [1.29, 1.82) is 0 Å². The molecular formula is C27H23Cl2NO7. The first-order valence-electron chi connectivity index (χ1n) is 11.5. The molecule has 4 aromatic rings. The van der Waals surface area contributed by atoms with E-state index in [1.54, 1.807) is 71.4 Å². The fraction of sp³-hybridized carbons (Fsp3) is 0.222. The maximum absolute atomic E-state index is 13.4. The van der Waals surface area contributed by atoms with E-state index in [0.717, 1.165) is 0 Å². The van der Waals surface area contributed by atoms with Gasteiger partial charge in [0, 0.05) is 26.6 Å². The van der Waals surface area contributed by atoms with E-state index in [-0.39, 0.29) is 11.5 Å². The quantitative estimate of drug-likeness (QED) is 0.275. The van der Waals surface area contributed by atoms with Crippen molar-refractivity contribution in [2.45, 2.75) is 30.7 Å². The maximum atomic E-state index is 13.4. The van der Waals surface area contributed by atoms with Crippen LogP contribution in [-0.4, -0.2) is 68.1 Å². The second kappa shape index (κ2) is 10.4. The van der Waals surface area contributed by atoms with Crippen LogP contribution in [0.15, 0.2) is 72.9 Å². The number of aliphatic hydroxyl groups is 4. The molecule has 0 radical (unpaired) electrons. The summed E-state index contributed by atoms with van der Waals surface area (Å²) in [5, 5.41) is 41.6. The summed E-state index contributed by atoms with van der Waals surface area (Å²) in [6.07, 6.45) is -5.63.